The second kappa shape index (κ2) is 7.42. The fourth-order valence-corrected chi connectivity index (χ4v) is 4.84. The van der Waals surface area contributed by atoms with Crippen LogP contribution in [0.4, 0.5) is 0 Å². The van der Waals surface area contributed by atoms with Gasteiger partial charge in [0.1, 0.15) is 5.76 Å². The van der Waals surface area contributed by atoms with Gasteiger partial charge in [-0.2, -0.15) is 0 Å². The van der Waals surface area contributed by atoms with Gasteiger partial charge in [-0.15, -0.1) is 23.1 Å². The van der Waals surface area contributed by atoms with Gasteiger partial charge in [-0.1, -0.05) is 11.6 Å². The van der Waals surface area contributed by atoms with E-state index in [9.17, 15) is 14.7 Å². The van der Waals surface area contributed by atoms with E-state index in [1.54, 1.807) is 24.8 Å². The lowest BCUT2D eigenvalue weighted by Gasteiger charge is -2.22. The summed E-state index contributed by atoms with van der Waals surface area (Å²) in [6.07, 6.45) is 2.05. The van der Waals surface area contributed by atoms with Crippen molar-refractivity contribution >= 4 is 52.2 Å². The molecule has 5 nitrogen and oxygen atoms in total. The molecule has 1 aromatic heterocycles. The molecule has 0 amide bonds. The number of nitrogens with zero attached hydrogens (tertiary/aromatic N) is 1. The summed E-state index contributed by atoms with van der Waals surface area (Å²) in [5.74, 6) is -0.914. The fourth-order valence-electron chi connectivity index (χ4n) is 3.05. The van der Waals surface area contributed by atoms with Crippen LogP contribution in [0.25, 0.3) is 0 Å². The van der Waals surface area contributed by atoms with E-state index in [4.69, 9.17) is 16.3 Å². The Hall–Kier alpha value is -1.83. The summed E-state index contributed by atoms with van der Waals surface area (Å²) in [7, 11) is 1.46. The van der Waals surface area contributed by atoms with Crippen molar-refractivity contribution < 1.29 is 19.4 Å². The van der Waals surface area contributed by atoms with E-state index in [2.05, 4.69) is 4.99 Å². The first-order chi connectivity index (χ1) is 12.4. The third-order valence-corrected chi connectivity index (χ3v) is 6.61. The Balaban J connectivity index is 2.20. The van der Waals surface area contributed by atoms with E-state index in [1.165, 1.54) is 18.4 Å². The first kappa shape index (κ1) is 18.9. The summed E-state index contributed by atoms with van der Waals surface area (Å²) in [5, 5.41) is 9.66. The van der Waals surface area contributed by atoms with Gasteiger partial charge in [0.25, 0.3) is 0 Å². The summed E-state index contributed by atoms with van der Waals surface area (Å²) in [6.45, 7) is 1.75. The van der Waals surface area contributed by atoms with Crippen LogP contribution in [0, 0.1) is 0 Å². The van der Waals surface area contributed by atoms with Crippen molar-refractivity contribution in [3.05, 3.63) is 50.2 Å². The predicted octanol–water partition coefficient (Wildman–Crippen LogP) is 4.65. The van der Waals surface area contributed by atoms with E-state index in [0.29, 0.717) is 50.2 Å². The number of hydrogen-bond donors (Lipinski definition) is 1. The first-order valence-electron chi connectivity index (χ1n) is 7.73. The molecule has 0 bridgehead atoms. The number of allylic oxidation sites excluding steroid dienone is 4. The summed E-state index contributed by atoms with van der Waals surface area (Å²) in [4.78, 5) is 29.6. The SMILES string of the molecule is COC1=C(Cl)CC2=NC(C)=C(CC(=O)O)C2=C1C(=O)c1ccc(SC)s1. The van der Waals surface area contributed by atoms with E-state index < -0.39 is 5.97 Å². The molecular weight excluding hydrogens is 394 g/mol. The van der Waals surface area contributed by atoms with Gasteiger partial charge in [0, 0.05) is 17.7 Å². The van der Waals surface area contributed by atoms with Gasteiger partial charge in [-0.25, -0.2) is 0 Å². The van der Waals surface area contributed by atoms with Crippen LogP contribution >= 0.6 is 34.7 Å². The van der Waals surface area contributed by atoms with Gasteiger partial charge in [-0.3, -0.25) is 14.6 Å². The molecule has 0 saturated heterocycles. The number of carboxylic acid groups (broad SMARTS) is 1. The Labute approximate surface area is 164 Å². The maximum absolute atomic E-state index is 13.3. The number of carboxylic acids is 1. The average Bonchev–Trinajstić information content (AvgIpc) is 3.18. The normalized spacial score (nSPS) is 16.8. The predicted molar refractivity (Wildman–Crippen MR) is 104 cm³/mol. The number of hydrogen-bond acceptors (Lipinski definition) is 6. The third-order valence-electron chi connectivity index (χ3n) is 4.14. The van der Waals surface area contributed by atoms with E-state index in [-0.39, 0.29) is 12.2 Å². The zero-order valence-corrected chi connectivity index (χ0v) is 16.8. The summed E-state index contributed by atoms with van der Waals surface area (Å²) >= 11 is 9.31. The Bertz CT molecular complexity index is 937. The molecule has 2 aliphatic rings. The Morgan fingerprint density at radius 2 is 2.15 bits per heavy atom. The quantitative estimate of drug-likeness (QED) is 0.546. The number of aliphatic carboxylic acids is 1. The molecule has 0 unspecified atom stereocenters. The highest BCUT2D eigenvalue weighted by Gasteiger charge is 2.37. The number of thioether (sulfide) groups is 1. The minimum absolute atomic E-state index is 0.208. The molecule has 0 atom stereocenters. The molecular formula is C18H16ClNO4S2. The first-order valence-corrected chi connectivity index (χ1v) is 10.1. The maximum atomic E-state index is 13.3. The van der Waals surface area contributed by atoms with Gasteiger partial charge in [0.2, 0.25) is 5.78 Å². The highest BCUT2D eigenvalue weighted by Crippen LogP contribution is 2.42. The Morgan fingerprint density at radius 1 is 1.42 bits per heavy atom. The smallest absolute Gasteiger partial charge is 0.307 e. The molecule has 136 valence electrons. The highest BCUT2D eigenvalue weighted by molar-refractivity contribution is 8.00. The summed E-state index contributed by atoms with van der Waals surface area (Å²) < 4.78 is 6.45. The average molecular weight is 410 g/mol. The van der Waals surface area contributed by atoms with Gasteiger partial charge in [0.15, 0.2) is 0 Å². The molecule has 0 radical (unpaired) electrons. The third kappa shape index (κ3) is 3.26. The van der Waals surface area contributed by atoms with E-state index in [0.717, 1.165) is 4.21 Å². The fraction of sp³-hybridized carbons (Fsp3) is 0.278. The molecule has 1 aliphatic heterocycles. The molecule has 0 aromatic carbocycles. The standard InChI is InChI=1S/C18H16ClNO4S2/c1-8-9(6-13(21)22)15-11(20-8)7-10(19)18(24-2)16(15)17(23)12-4-5-14(25-3)26-12/h4-5H,6-7H2,1-3H3,(H,21,22). The minimum atomic E-state index is -0.976. The number of carbonyl (C=O) groups excluding carboxylic acids is 1. The highest BCUT2D eigenvalue weighted by atomic mass is 35.5. The van der Waals surface area contributed by atoms with Gasteiger partial charge in [0.05, 0.1) is 38.9 Å². The van der Waals surface area contributed by atoms with Crippen LogP contribution in [0.5, 0.6) is 0 Å². The molecule has 0 fully saturated rings. The van der Waals surface area contributed by atoms with Crippen molar-refractivity contribution in [3.8, 4) is 0 Å². The van der Waals surface area contributed by atoms with Crippen molar-refractivity contribution in [2.75, 3.05) is 13.4 Å². The number of thiophene rings is 1. The molecule has 1 N–H and O–H groups in total. The van der Waals surface area contributed by atoms with Crippen LogP contribution in [-0.4, -0.2) is 35.9 Å². The van der Waals surface area contributed by atoms with Crippen LogP contribution in [0.1, 0.15) is 29.4 Å². The van der Waals surface area contributed by atoms with Crippen molar-refractivity contribution in [2.24, 2.45) is 4.99 Å². The van der Waals surface area contributed by atoms with Crippen molar-refractivity contribution in [2.45, 2.75) is 24.0 Å². The number of Topliss-reactive ketones (excluding diaryl/α,β-unsaturated/α-hetero) is 1. The van der Waals surface area contributed by atoms with Crippen LogP contribution in [0.2, 0.25) is 0 Å². The van der Waals surface area contributed by atoms with Gasteiger partial charge < -0.3 is 9.84 Å². The lowest BCUT2D eigenvalue weighted by molar-refractivity contribution is -0.136. The number of rotatable bonds is 6. The zero-order valence-electron chi connectivity index (χ0n) is 14.4. The lowest BCUT2D eigenvalue weighted by Crippen LogP contribution is -2.20. The van der Waals surface area contributed by atoms with Gasteiger partial charge in [-0.05, 0) is 30.9 Å². The number of fused-ring (bicyclic) bond motifs is 1. The molecule has 26 heavy (non-hydrogen) atoms. The molecule has 1 aromatic rings. The number of ether oxygens (including phenoxy) is 1. The largest absolute Gasteiger partial charge is 0.495 e. The number of methoxy groups -OCH3 is 1. The summed E-state index contributed by atoms with van der Waals surface area (Å²) in [6, 6.07) is 3.65. The summed E-state index contributed by atoms with van der Waals surface area (Å²) in [5.41, 5.74) is 2.60. The lowest BCUT2D eigenvalue weighted by atomic mass is 9.86. The van der Waals surface area contributed by atoms with E-state index in [1.807, 2.05) is 12.3 Å². The van der Waals surface area contributed by atoms with Crippen molar-refractivity contribution in [1.82, 2.24) is 0 Å². The Morgan fingerprint density at radius 3 is 2.73 bits per heavy atom. The molecule has 2 heterocycles. The second-order valence-electron chi connectivity index (χ2n) is 5.71. The Kier molecular flexibility index (Phi) is 5.41. The maximum Gasteiger partial charge on any atom is 0.307 e. The molecule has 0 spiro atoms. The van der Waals surface area contributed by atoms with Crippen molar-refractivity contribution in [1.29, 1.82) is 0 Å². The number of halogens is 1. The zero-order chi connectivity index (χ0) is 19.0. The molecule has 3 rings (SSSR count). The monoisotopic (exact) mass is 409 g/mol. The topological polar surface area (TPSA) is 76.0 Å². The van der Waals surface area contributed by atoms with Crippen molar-refractivity contribution in [3.63, 3.8) is 0 Å². The van der Waals surface area contributed by atoms with Crippen LogP contribution in [0.3, 0.4) is 0 Å². The number of carbonyl (C=O) groups is 2. The minimum Gasteiger partial charge on any atom is -0.495 e. The van der Waals surface area contributed by atoms with E-state index >= 15 is 0 Å². The van der Waals surface area contributed by atoms with Crippen LogP contribution in [-0.2, 0) is 9.53 Å². The number of aliphatic imine (C=N–C) groups is 1. The van der Waals surface area contributed by atoms with Crippen LogP contribution in [0.15, 0.2) is 54.5 Å². The second-order valence-corrected chi connectivity index (χ2v) is 8.36. The molecule has 1 aliphatic carbocycles. The molecule has 8 heteroatoms. The van der Waals surface area contributed by atoms with Gasteiger partial charge >= 0.3 is 5.97 Å². The number of ketones is 1. The molecule has 0 saturated carbocycles. The van der Waals surface area contributed by atoms with Crippen LogP contribution < -0.4 is 0 Å².